The molecular weight excluding hydrogens is 284 g/mol. The molecule has 1 rings (SSSR count). The summed E-state index contributed by atoms with van der Waals surface area (Å²) in [5, 5.41) is 11.9. The second-order valence-corrected chi connectivity index (χ2v) is 5.00. The highest BCUT2D eigenvalue weighted by Gasteiger charge is 2.05. The molecule has 0 aliphatic carbocycles. The minimum absolute atomic E-state index is 0.578. The number of carboxylic acids is 1. The molecule has 0 saturated carbocycles. The van der Waals surface area contributed by atoms with Gasteiger partial charge < -0.3 is 5.11 Å². The van der Waals surface area contributed by atoms with Crippen molar-refractivity contribution in [3.8, 4) is 0 Å². The third kappa shape index (κ3) is 4.71. The third-order valence-corrected chi connectivity index (χ3v) is 2.85. The summed E-state index contributed by atoms with van der Waals surface area (Å²) in [6.45, 7) is 0. The quantitative estimate of drug-likeness (QED) is 0.500. The SMILES string of the molecule is O=C(O)CC(=O)NN=Cc1ccc(Br)s1. The Morgan fingerprint density at radius 1 is 1.60 bits per heavy atom. The van der Waals surface area contributed by atoms with E-state index in [4.69, 9.17) is 5.11 Å². The fourth-order valence-corrected chi connectivity index (χ4v) is 2.04. The van der Waals surface area contributed by atoms with Crippen LogP contribution >= 0.6 is 27.3 Å². The van der Waals surface area contributed by atoms with Crippen molar-refractivity contribution in [1.29, 1.82) is 0 Å². The van der Waals surface area contributed by atoms with E-state index in [9.17, 15) is 9.59 Å². The van der Waals surface area contributed by atoms with Crippen molar-refractivity contribution in [3.05, 3.63) is 20.8 Å². The molecule has 0 fully saturated rings. The van der Waals surface area contributed by atoms with Gasteiger partial charge in [-0.1, -0.05) is 0 Å². The molecule has 0 saturated heterocycles. The first-order valence-electron chi connectivity index (χ1n) is 3.87. The summed E-state index contributed by atoms with van der Waals surface area (Å²) in [6, 6.07) is 3.67. The number of amides is 1. The molecule has 2 N–H and O–H groups in total. The molecule has 0 aliphatic rings. The van der Waals surface area contributed by atoms with Gasteiger partial charge in [-0.2, -0.15) is 5.10 Å². The second-order valence-electron chi connectivity index (χ2n) is 2.51. The van der Waals surface area contributed by atoms with Crippen LogP contribution in [0.4, 0.5) is 0 Å². The first-order chi connectivity index (χ1) is 7.08. The fraction of sp³-hybridized carbons (Fsp3) is 0.125. The van der Waals surface area contributed by atoms with Crippen LogP contribution in [0.5, 0.6) is 0 Å². The Morgan fingerprint density at radius 2 is 2.33 bits per heavy atom. The normalized spacial score (nSPS) is 10.5. The van der Waals surface area contributed by atoms with Gasteiger partial charge in [0.2, 0.25) is 0 Å². The molecule has 7 heteroatoms. The van der Waals surface area contributed by atoms with E-state index < -0.39 is 18.3 Å². The Morgan fingerprint density at radius 3 is 2.87 bits per heavy atom. The standard InChI is InChI=1S/C8H7BrN2O3S/c9-6-2-1-5(15-6)4-10-11-7(12)3-8(13)14/h1-2,4H,3H2,(H,11,12)(H,13,14). The first-order valence-corrected chi connectivity index (χ1v) is 5.48. The van der Waals surface area contributed by atoms with Crippen LogP contribution in [-0.2, 0) is 9.59 Å². The molecule has 15 heavy (non-hydrogen) atoms. The maximum Gasteiger partial charge on any atom is 0.312 e. The summed E-state index contributed by atoms with van der Waals surface area (Å²) >= 11 is 4.73. The van der Waals surface area contributed by atoms with Gasteiger partial charge in [0.15, 0.2) is 0 Å². The Hall–Kier alpha value is -1.21. The third-order valence-electron chi connectivity index (χ3n) is 1.29. The van der Waals surface area contributed by atoms with Gasteiger partial charge >= 0.3 is 5.97 Å². The molecule has 1 amide bonds. The lowest BCUT2D eigenvalue weighted by molar-refractivity contribution is -0.140. The number of halogens is 1. The molecule has 0 aromatic carbocycles. The van der Waals surface area contributed by atoms with Gasteiger partial charge in [-0.25, -0.2) is 5.43 Å². The van der Waals surface area contributed by atoms with E-state index in [1.54, 1.807) is 0 Å². The van der Waals surface area contributed by atoms with E-state index in [-0.39, 0.29) is 0 Å². The summed E-state index contributed by atoms with van der Waals surface area (Å²) in [6.07, 6.45) is 0.876. The van der Waals surface area contributed by atoms with Gasteiger partial charge in [-0.05, 0) is 28.1 Å². The molecule has 1 heterocycles. The van der Waals surface area contributed by atoms with Crippen LogP contribution in [0.15, 0.2) is 21.0 Å². The van der Waals surface area contributed by atoms with E-state index in [0.717, 1.165) is 8.66 Å². The fourth-order valence-electron chi connectivity index (χ4n) is 0.742. The molecular formula is C8H7BrN2O3S. The average molecular weight is 291 g/mol. The van der Waals surface area contributed by atoms with Crippen LogP contribution in [-0.4, -0.2) is 23.2 Å². The van der Waals surface area contributed by atoms with Crippen LogP contribution in [0, 0.1) is 0 Å². The minimum Gasteiger partial charge on any atom is -0.481 e. The lowest BCUT2D eigenvalue weighted by atomic mass is 10.4. The number of hydrazone groups is 1. The topological polar surface area (TPSA) is 78.8 Å². The van der Waals surface area contributed by atoms with Crippen LogP contribution in [0.2, 0.25) is 0 Å². The Balaban J connectivity index is 2.40. The predicted octanol–water partition coefficient (Wildman–Crippen LogP) is 1.44. The largest absolute Gasteiger partial charge is 0.481 e. The van der Waals surface area contributed by atoms with E-state index in [0.29, 0.717) is 0 Å². The number of thiophene rings is 1. The predicted molar refractivity (Wildman–Crippen MR) is 60.0 cm³/mol. The lowest BCUT2D eigenvalue weighted by Gasteiger charge is -1.93. The summed E-state index contributed by atoms with van der Waals surface area (Å²) in [7, 11) is 0. The van der Waals surface area contributed by atoms with E-state index in [1.807, 2.05) is 12.1 Å². The van der Waals surface area contributed by atoms with Crippen molar-refractivity contribution in [2.24, 2.45) is 5.10 Å². The summed E-state index contributed by atoms with van der Waals surface area (Å²) in [5.74, 6) is -1.82. The molecule has 1 aromatic rings. The van der Waals surface area contributed by atoms with Crippen molar-refractivity contribution in [1.82, 2.24) is 5.43 Å². The summed E-state index contributed by atoms with van der Waals surface area (Å²) in [5.41, 5.74) is 2.11. The van der Waals surface area contributed by atoms with Gasteiger partial charge in [-0.3, -0.25) is 9.59 Å². The Bertz CT molecular complexity index is 402. The van der Waals surface area contributed by atoms with E-state index in [2.05, 4.69) is 26.5 Å². The van der Waals surface area contributed by atoms with Crippen LogP contribution in [0.1, 0.15) is 11.3 Å². The number of nitrogens with zero attached hydrogens (tertiary/aromatic N) is 1. The van der Waals surface area contributed by atoms with Gasteiger partial charge in [0, 0.05) is 4.88 Å². The van der Waals surface area contributed by atoms with Gasteiger partial charge in [0.25, 0.3) is 5.91 Å². The smallest absolute Gasteiger partial charge is 0.312 e. The van der Waals surface area contributed by atoms with Crippen LogP contribution < -0.4 is 5.43 Å². The number of carbonyl (C=O) groups excluding carboxylic acids is 1. The second kappa shape index (κ2) is 5.62. The van der Waals surface area contributed by atoms with Crippen LogP contribution in [0.3, 0.4) is 0 Å². The molecule has 0 atom stereocenters. The summed E-state index contributed by atoms with van der Waals surface area (Å²) in [4.78, 5) is 21.8. The van der Waals surface area contributed by atoms with Crippen molar-refractivity contribution in [2.75, 3.05) is 0 Å². The number of carbonyl (C=O) groups is 2. The zero-order valence-corrected chi connectivity index (χ0v) is 9.84. The zero-order chi connectivity index (χ0) is 11.3. The number of hydrogen-bond acceptors (Lipinski definition) is 4. The summed E-state index contributed by atoms with van der Waals surface area (Å²) < 4.78 is 0.959. The minimum atomic E-state index is -1.18. The molecule has 0 bridgehead atoms. The first kappa shape index (κ1) is 11.9. The number of carboxylic acid groups (broad SMARTS) is 1. The van der Waals surface area contributed by atoms with Gasteiger partial charge in [-0.15, -0.1) is 11.3 Å². The average Bonchev–Trinajstić information content (AvgIpc) is 2.50. The maximum absolute atomic E-state index is 10.8. The van der Waals surface area contributed by atoms with E-state index in [1.165, 1.54) is 17.6 Å². The number of rotatable bonds is 4. The number of nitrogens with one attached hydrogen (secondary N) is 1. The van der Waals surface area contributed by atoms with Crippen molar-refractivity contribution in [3.63, 3.8) is 0 Å². The highest BCUT2D eigenvalue weighted by atomic mass is 79.9. The number of aliphatic carboxylic acids is 1. The highest BCUT2D eigenvalue weighted by molar-refractivity contribution is 9.11. The molecule has 5 nitrogen and oxygen atoms in total. The molecule has 0 aliphatic heterocycles. The van der Waals surface area contributed by atoms with Crippen molar-refractivity contribution in [2.45, 2.75) is 6.42 Å². The number of hydrogen-bond donors (Lipinski definition) is 2. The highest BCUT2D eigenvalue weighted by Crippen LogP contribution is 2.20. The molecule has 0 radical (unpaired) electrons. The maximum atomic E-state index is 10.8. The van der Waals surface area contributed by atoms with Gasteiger partial charge in [0.1, 0.15) is 6.42 Å². The lowest BCUT2D eigenvalue weighted by Crippen LogP contribution is -2.20. The monoisotopic (exact) mass is 290 g/mol. The van der Waals surface area contributed by atoms with Crippen molar-refractivity contribution >= 4 is 45.4 Å². The zero-order valence-electron chi connectivity index (χ0n) is 7.44. The van der Waals surface area contributed by atoms with Crippen LogP contribution in [0.25, 0.3) is 0 Å². The molecule has 1 aromatic heterocycles. The molecule has 0 unspecified atom stereocenters. The molecule has 0 spiro atoms. The Labute approximate surface area is 97.9 Å². The van der Waals surface area contributed by atoms with Gasteiger partial charge in [0.05, 0.1) is 10.0 Å². The Kier molecular flexibility index (Phi) is 4.44. The van der Waals surface area contributed by atoms with E-state index >= 15 is 0 Å². The molecule has 80 valence electrons. The van der Waals surface area contributed by atoms with Crippen molar-refractivity contribution < 1.29 is 14.7 Å².